The molecule has 0 saturated carbocycles. The third kappa shape index (κ3) is 13.9. The van der Waals surface area contributed by atoms with Gasteiger partial charge in [0.25, 0.3) is 0 Å². The van der Waals surface area contributed by atoms with Gasteiger partial charge in [-0.1, -0.05) is 65.8 Å². The number of carbonyl (C=O) groups excluding carboxylic acids is 5. The number of nitrogens with one attached hydrogen (secondary N) is 3. The van der Waals surface area contributed by atoms with Gasteiger partial charge in [-0.2, -0.15) is 0 Å². The summed E-state index contributed by atoms with van der Waals surface area (Å²) < 4.78 is 15.7. The number of hydrogen-bond donors (Lipinski definition) is 3. The first-order chi connectivity index (χ1) is 20.3. The van der Waals surface area contributed by atoms with Crippen molar-refractivity contribution in [3.63, 3.8) is 0 Å². The molecule has 2 aromatic carbocycles. The van der Waals surface area contributed by atoms with Gasteiger partial charge in [0.15, 0.2) is 0 Å². The van der Waals surface area contributed by atoms with Crippen LogP contribution in [0.2, 0.25) is 0 Å². The van der Waals surface area contributed by atoms with Gasteiger partial charge in [-0.25, -0.2) is 0 Å². The molecule has 0 unspecified atom stereocenters. The summed E-state index contributed by atoms with van der Waals surface area (Å²) >= 11 is 0. The first kappa shape index (κ1) is 33.3. The fourth-order valence-corrected chi connectivity index (χ4v) is 3.49. The smallest absolute Gasteiger partial charge is 0.308 e. The Morgan fingerprint density at radius 2 is 1.31 bits per heavy atom. The Kier molecular flexibility index (Phi) is 15.2. The lowest BCUT2D eigenvalue weighted by molar-refractivity contribution is -0.149. The second kappa shape index (κ2) is 19.2. The highest BCUT2D eigenvalue weighted by Gasteiger charge is 2.30. The van der Waals surface area contributed by atoms with E-state index in [4.69, 9.17) is 19.7 Å². The molecular formula is C28H34N6O8. The van der Waals surface area contributed by atoms with Crippen molar-refractivity contribution in [3.05, 3.63) is 82.2 Å². The topological polar surface area (TPSA) is 198 Å². The van der Waals surface area contributed by atoms with E-state index in [0.717, 1.165) is 11.1 Å². The molecule has 0 spiro atoms. The van der Waals surface area contributed by atoms with Crippen molar-refractivity contribution in [2.24, 2.45) is 5.11 Å². The van der Waals surface area contributed by atoms with Gasteiger partial charge in [0.1, 0.15) is 25.3 Å². The Balaban J connectivity index is 2.02. The van der Waals surface area contributed by atoms with Gasteiger partial charge < -0.3 is 30.2 Å². The van der Waals surface area contributed by atoms with Gasteiger partial charge >= 0.3 is 11.9 Å². The highest BCUT2D eigenvalue weighted by atomic mass is 16.5. The van der Waals surface area contributed by atoms with Gasteiger partial charge in [-0.05, 0) is 16.7 Å². The van der Waals surface area contributed by atoms with Gasteiger partial charge in [-0.3, -0.25) is 24.0 Å². The lowest BCUT2D eigenvalue weighted by atomic mass is 10.1. The zero-order valence-corrected chi connectivity index (χ0v) is 23.2. The van der Waals surface area contributed by atoms with Gasteiger partial charge in [0.05, 0.1) is 26.1 Å². The van der Waals surface area contributed by atoms with Crippen molar-refractivity contribution in [1.29, 1.82) is 0 Å². The normalized spacial score (nSPS) is 11.6. The van der Waals surface area contributed by atoms with E-state index in [1.807, 2.05) is 12.1 Å². The van der Waals surface area contributed by atoms with Crippen molar-refractivity contribution >= 4 is 29.7 Å². The minimum atomic E-state index is -1.39. The zero-order chi connectivity index (χ0) is 30.6. The Morgan fingerprint density at radius 1 is 0.786 bits per heavy atom. The van der Waals surface area contributed by atoms with Gasteiger partial charge in [0.2, 0.25) is 17.7 Å². The van der Waals surface area contributed by atoms with Crippen LogP contribution in [0.15, 0.2) is 65.8 Å². The Labute approximate surface area is 242 Å². The van der Waals surface area contributed by atoms with Crippen molar-refractivity contribution in [2.45, 2.75) is 45.1 Å². The molecule has 0 saturated heterocycles. The third-order valence-electron chi connectivity index (χ3n) is 5.50. The van der Waals surface area contributed by atoms with Crippen molar-refractivity contribution in [1.82, 2.24) is 16.0 Å². The second-order valence-electron chi connectivity index (χ2n) is 8.87. The number of benzene rings is 2. The van der Waals surface area contributed by atoms with E-state index in [-0.39, 0.29) is 39.5 Å². The number of hydrogen-bond acceptors (Lipinski definition) is 9. The summed E-state index contributed by atoms with van der Waals surface area (Å²) in [5.74, 6) is -3.69. The van der Waals surface area contributed by atoms with Crippen LogP contribution in [-0.2, 0) is 51.4 Å². The number of ether oxygens (including phenoxy) is 3. The quantitative estimate of drug-likeness (QED) is 0.0775. The van der Waals surface area contributed by atoms with Crippen molar-refractivity contribution < 1.29 is 38.2 Å². The molecule has 2 atom stereocenters. The van der Waals surface area contributed by atoms with Gasteiger partial charge in [0, 0.05) is 24.9 Å². The lowest BCUT2D eigenvalue weighted by Gasteiger charge is -2.22. The maximum atomic E-state index is 13.1. The summed E-state index contributed by atoms with van der Waals surface area (Å²) in [5, 5.41) is 10.7. The van der Waals surface area contributed by atoms with E-state index < -0.39 is 54.6 Å². The van der Waals surface area contributed by atoms with E-state index in [1.165, 1.54) is 6.92 Å². The van der Waals surface area contributed by atoms with E-state index >= 15 is 0 Å². The Hall–Kier alpha value is -4.94. The lowest BCUT2D eigenvalue weighted by Crippen LogP contribution is -2.55. The first-order valence-electron chi connectivity index (χ1n) is 13.1. The van der Waals surface area contributed by atoms with Crippen LogP contribution in [0.5, 0.6) is 0 Å². The fourth-order valence-electron chi connectivity index (χ4n) is 3.49. The standard InChI is InChI=1S/C28H34N6O8/c1-20(35)32-24(17-26(37)42-19-22-10-6-3-7-11-22)28(39)33-23(27(38)30-12-14-40-15-13-31-34-29)16-25(36)41-18-21-8-4-2-5-9-21/h2-11,23-24H,12-19H2,1H3,(H,30,38)(H,32,35)(H,33,39)/t23-,24+/m0/s1. The largest absolute Gasteiger partial charge is 0.461 e. The van der Waals surface area contributed by atoms with E-state index in [1.54, 1.807) is 48.5 Å². The van der Waals surface area contributed by atoms with Crippen LogP contribution in [0, 0.1) is 0 Å². The Morgan fingerprint density at radius 3 is 1.81 bits per heavy atom. The van der Waals surface area contributed by atoms with Crippen LogP contribution < -0.4 is 16.0 Å². The van der Waals surface area contributed by atoms with Gasteiger partial charge in [-0.15, -0.1) is 0 Å². The van der Waals surface area contributed by atoms with Crippen molar-refractivity contribution in [2.75, 3.05) is 26.3 Å². The summed E-state index contributed by atoms with van der Waals surface area (Å²) in [5.41, 5.74) is 9.75. The molecule has 2 aromatic rings. The van der Waals surface area contributed by atoms with Crippen LogP contribution in [0.3, 0.4) is 0 Å². The zero-order valence-electron chi connectivity index (χ0n) is 23.2. The Bertz CT molecular complexity index is 1220. The number of azide groups is 1. The molecule has 0 heterocycles. The van der Waals surface area contributed by atoms with Crippen molar-refractivity contribution in [3.8, 4) is 0 Å². The van der Waals surface area contributed by atoms with Crippen LogP contribution in [0.25, 0.3) is 10.4 Å². The summed E-state index contributed by atoms with van der Waals surface area (Å²) in [6, 6.07) is 15.0. The fraction of sp³-hybridized carbons (Fsp3) is 0.393. The first-order valence-corrected chi connectivity index (χ1v) is 13.1. The molecule has 0 aliphatic carbocycles. The molecule has 42 heavy (non-hydrogen) atoms. The predicted octanol–water partition coefficient (Wildman–Crippen LogP) is 1.69. The number of esters is 2. The van der Waals surface area contributed by atoms with Crippen LogP contribution in [-0.4, -0.2) is 68.0 Å². The molecule has 224 valence electrons. The molecule has 0 radical (unpaired) electrons. The predicted molar refractivity (Wildman–Crippen MR) is 149 cm³/mol. The number of amides is 3. The summed E-state index contributed by atoms with van der Waals surface area (Å²) in [6.45, 7) is 1.47. The summed E-state index contributed by atoms with van der Waals surface area (Å²) in [6.07, 6.45) is -1.03. The third-order valence-corrected chi connectivity index (χ3v) is 5.50. The minimum absolute atomic E-state index is 0.0292. The molecule has 3 amide bonds. The van der Waals surface area contributed by atoms with Crippen LogP contribution >= 0.6 is 0 Å². The monoisotopic (exact) mass is 582 g/mol. The van der Waals surface area contributed by atoms with E-state index in [2.05, 4.69) is 26.0 Å². The average Bonchev–Trinajstić information content (AvgIpc) is 2.98. The SMILES string of the molecule is CC(=O)N[C@H](CC(=O)OCc1ccccc1)C(=O)N[C@@H](CC(=O)OCc1ccccc1)C(=O)NCCOCCN=[N+]=[N-]. The van der Waals surface area contributed by atoms with E-state index in [9.17, 15) is 24.0 Å². The molecule has 0 bridgehead atoms. The van der Waals surface area contributed by atoms with E-state index in [0.29, 0.717) is 0 Å². The maximum Gasteiger partial charge on any atom is 0.308 e. The highest BCUT2D eigenvalue weighted by Crippen LogP contribution is 2.07. The molecule has 3 N–H and O–H groups in total. The maximum absolute atomic E-state index is 13.1. The van der Waals surface area contributed by atoms with Crippen LogP contribution in [0.4, 0.5) is 0 Å². The number of nitrogens with zero attached hydrogens (tertiary/aromatic N) is 3. The second-order valence-corrected chi connectivity index (χ2v) is 8.87. The molecule has 0 aliphatic heterocycles. The summed E-state index contributed by atoms with van der Waals surface area (Å²) in [7, 11) is 0. The average molecular weight is 583 g/mol. The highest BCUT2D eigenvalue weighted by molar-refractivity contribution is 5.95. The molecule has 14 nitrogen and oxygen atoms in total. The summed E-state index contributed by atoms with van der Waals surface area (Å²) in [4.78, 5) is 65.4. The molecule has 0 aliphatic rings. The number of carbonyl (C=O) groups is 5. The molecule has 14 heteroatoms. The molecular weight excluding hydrogens is 548 g/mol. The molecule has 2 rings (SSSR count). The van der Waals surface area contributed by atoms with Crippen LogP contribution in [0.1, 0.15) is 30.9 Å². The minimum Gasteiger partial charge on any atom is -0.461 e. The number of rotatable bonds is 18. The molecule has 0 fully saturated rings. The molecule has 0 aromatic heterocycles.